The van der Waals surface area contributed by atoms with Gasteiger partial charge in [-0.3, -0.25) is 0 Å². The molecule has 1 N–H and O–H groups in total. The Labute approximate surface area is 108 Å². The number of benzene rings is 1. The van der Waals surface area contributed by atoms with Gasteiger partial charge in [0.05, 0.1) is 6.10 Å². The van der Waals surface area contributed by atoms with E-state index in [2.05, 4.69) is 17.1 Å². The molecule has 2 rings (SSSR count). The van der Waals surface area contributed by atoms with Crippen LogP contribution in [-0.4, -0.2) is 35.8 Å². The molecular formula is C13H18N2OS. The Kier molecular flexibility index (Phi) is 4.34. The molecule has 1 saturated heterocycles. The molecule has 1 unspecified atom stereocenters. The van der Waals surface area contributed by atoms with Gasteiger partial charge in [0.15, 0.2) is 5.11 Å². The van der Waals surface area contributed by atoms with Crippen LogP contribution in [0.2, 0.25) is 0 Å². The molecule has 1 heterocycles. The van der Waals surface area contributed by atoms with Crippen molar-refractivity contribution >= 4 is 23.0 Å². The van der Waals surface area contributed by atoms with Crippen molar-refractivity contribution in [2.24, 2.45) is 0 Å². The molecule has 92 valence electrons. The highest BCUT2D eigenvalue weighted by atomic mass is 32.1. The van der Waals surface area contributed by atoms with E-state index in [-0.39, 0.29) is 6.10 Å². The fourth-order valence-corrected chi connectivity index (χ4v) is 2.19. The number of hydrogen-bond donors (Lipinski definition) is 1. The summed E-state index contributed by atoms with van der Waals surface area (Å²) in [6.07, 6.45) is 1.27. The van der Waals surface area contributed by atoms with Gasteiger partial charge in [0.1, 0.15) is 0 Å². The van der Waals surface area contributed by atoms with Crippen LogP contribution in [0.15, 0.2) is 30.3 Å². The van der Waals surface area contributed by atoms with Crippen LogP contribution in [-0.2, 0) is 4.74 Å². The lowest BCUT2D eigenvalue weighted by atomic mass is 10.3. The van der Waals surface area contributed by atoms with Gasteiger partial charge in [-0.05, 0) is 37.7 Å². The summed E-state index contributed by atoms with van der Waals surface area (Å²) in [4.78, 5) is 2.18. The van der Waals surface area contributed by atoms with Crippen molar-refractivity contribution in [2.75, 3.05) is 25.0 Å². The number of hydrogen-bond acceptors (Lipinski definition) is 2. The fourth-order valence-electron chi connectivity index (χ4n) is 1.90. The van der Waals surface area contributed by atoms with E-state index in [9.17, 15) is 0 Å². The van der Waals surface area contributed by atoms with Gasteiger partial charge >= 0.3 is 0 Å². The van der Waals surface area contributed by atoms with Crippen molar-refractivity contribution in [3.8, 4) is 0 Å². The highest BCUT2D eigenvalue weighted by Crippen LogP contribution is 2.10. The number of anilines is 1. The van der Waals surface area contributed by atoms with Gasteiger partial charge < -0.3 is 15.0 Å². The summed E-state index contributed by atoms with van der Waals surface area (Å²) in [5.41, 5.74) is 1.04. The lowest BCUT2D eigenvalue weighted by Crippen LogP contribution is -2.38. The minimum absolute atomic E-state index is 0.244. The Morgan fingerprint density at radius 3 is 2.94 bits per heavy atom. The van der Waals surface area contributed by atoms with Crippen LogP contribution < -0.4 is 5.32 Å². The topological polar surface area (TPSA) is 24.5 Å². The van der Waals surface area contributed by atoms with Gasteiger partial charge in [0, 0.05) is 25.4 Å². The van der Waals surface area contributed by atoms with Crippen molar-refractivity contribution in [3.05, 3.63) is 30.3 Å². The molecule has 4 heteroatoms. The molecule has 0 saturated carbocycles. The molecule has 1 aliphatic rings. The van der Waals surface area contributed by atoms with Crippen LogP contribution in [0.5, 0.6) is 0 Å². The van der Waals surface area contributed by atoms with E-state index in [4.69, 9.17) is 17.0 Å². The van der Waals surface area contributed by atoms with E-state index in [0.29, 0.717) is 0 Å². The molecule has 0 spiro atoms. The second kappa shape index (κ2) is 5.98. The molecule has 0 amide bonds. The van der Waals surface area contributed by atoms with Crippen LogP contribution in [0.1, 0.15) is 13.3 Å². The van der Waals surface area contributed by atoms with Crippen molar-refractivity contribution in [1.29, 1.82) is 0 Å². The number of thiocarbonyl (C=S) groups is 1. The van der Waals surface area contributed by atoms with Crippen molar-refractivity contribution in [3.63, 3.8) is 0 Å². The van der Waals surface area contributed by atoms with Crippen LogP contribution in [0.4, 0.5) is 5.69 Å². The zero-order valence-corrected chi connectivity index (χ0v) is 10.9. The van der Waals surface area contributed by atoms with Crippen molar-refractivity contribution < 1.29 is 4.74 Å². The molecule has 1 fully saturated rings. The number of nitrogens with one attached hydrogen (secondary N) is 1. The number of nitrogens with zero attached hydrogens (tertiary/aromatic N) is 1. The SMILES string of the molecule is CC1CN(C(=S)Nc2ccccc2)CCCO1. The Morgan fingerprint density at radius 1 is 1.41 bits per heavy atom. The molecule has 0 radical (unpaired) electrons. The first-order valence-corrected chi connectivity index (χ1v) is 6.39. The maximum absolute atomic E-state index is 5.60. The molecule has 3 nitrogen and oxygen atoms in total. The zero-order valence-electron chi connectivity index (χ0n) is 10.1. The molecule has 1 aliphatic heterocycles. The maximum Gasteiger partial charge on any atom is 0.173 e. The number of rotatable bonds is 1. The summed E-state index contributed by atoms with van der Waals surface area (Å²) in [6, 6.07) is 10.0. The van der Waals surface area contributed by atoms with E-state index in [1.807, 2.05) is 30.3 Å². The van der Waals surface area contributed by atoms with Gasteiger partial charge in [-0.2, -0.15) is 0 Å². The van der Waals surface area contributed by atoms with Gasteiger partial charge in [0.25, 0.3) is 0 Å². The van der Waals surface area contributed by atoms with Crippen molar-refractivity contribution in [2.45, 2.75) is 19.4 Å². The molecule has 1 aromatic rings. The highest BCUT2D eigenvalue weighted by Gasteiger charge is 2.17. The minimum atomic E-state index is 0.244. The Balaban J connectivity index is 1.95. The number of ether oxygens (including phenoxy) is 1. The lowest BCUT2D eigenvalue weighted by Gasteiger charge is -2.25. The Morgan fingerprint density at radius 2 is 2.18 bits per heavy atom. The third kappa shape index (κ3) is 3.68. The predicted octanol–water partition coefficient (Wildman–Crippen LogP) is 2.49. The Hall–Kier alpha value is -1.13. The monoisotopic (exact) mass is 250 g/mol. The molecule has 0 aromatic heterocycles. The molecule has 0 aliphatic carbocycles. The summed E-state index contributed by atoms with van der Waals surface area (Å²) in [5, 5.41) is 4.05. The molecule has 0 bridgehead atoms. The van der Waals surface area contributed by atoms with Crippen LogP contribution >= 0.6 is 12.2 Å². The summed E-state index contributed by atoms with van der Waals surface area (Å²) >= 11 is 5.43. The van der Waals surface area contributed by atoms with E-state index in [1.54, 1.807) is 0 Å². The van der Waals surface area contributed by atoms with Gasteiger partial charge in [-0.15, -0.1) is 0 Å². The standard InChI is InChI=1S/C13H18N2OS/c1-11-10-15(8-5-9-16-11)13(17)14-12-6-3-2-4-7-12/h2-4,6-7,11H,5,8-10H2,1H3,(H,14,17). The average Bonchev–Trinajstić information content (AvgIpc) is 2.55. The van der Waals surface area contributed by atoms with Gasteiger partial charge in [-0.1, -0.05) is 18.2 Å². The van der Waals surface area contributed by atoms with E-state index < -0.39 is 0 Å². The third-order valence-corrected chi connectivity index (χ3v) is 3.12. The molecule has 17 heavy (non-hydrogen) atoms. The largest absolute Gasteiger partial charge is 0.377 e. The van der Waals surface area contributed by atoms with E-state index in [0.717, 1.165) is 36.9 Å². The summed E-state index contributed by atoms with van der Waals surface area (Å²) in [6.45, 7) is 4.73. The second-order valence-electron chi connectivity index (χ2n) is 4.28. The smallest absolute Gasteiger partial charge is 0.173 e. The quantitative estimate of drug-likeness (QED) is 0.774. The summed E-state index contributed by atoms with van der Waals surface area (Å²) < 4.78 is 5.60. The van der Waals surface area contributed by atoms with Crippen molar-refractivity contribution in [1.82, 2.24) is 4.90 Å². The molecule has 1 atom stereocenters. The first-order valence-electron chi connectivity index (χ1n) is 5.98. The molecule has 1 aromatic carbocycles. The first-order chi connectivity index (χ1) is 8.25. The lowest BCUT2D eigenvalue weighted by molar-refractivity contribution is 0.0745. The van der Waals surface area contributed by atoms with Crippen LogP contribution in [0.25, 0.3) is 0 Å². The summed E-state index contributed by atoms with van der Waals surface area (Å²) in [7, 11) is 0. The maximum atomic E-state index is 5.60. The zero-order chi connectivity index (χ0) is 12.1. The highest BCUT2D eigenvalue weighted by molar-refractivity contribution is 7.80. The minimum Gasteiger partial charge on any atom is -0.377 e. The molecular weight excluding hydrogens is 232 g/mol. The van der Waals surface area contributed by atoms with Crippen LogP contribution in [0, 0.1) is 0 Å². The Bertz CT molecular complexity index is 369. The van der Waals surface area contributed by atoms with Gasteiger partial charge in [-0.25, -0.2) is 0 Å². The average molecular weight is 250 g/mol. The van der Waals surface area contributed by atoms with E-state index in [1.165, 1.54) is 0 Å². The van der Waals surface area contributed by atoms with Crippen LogP contribution in [0.3, 0.4) is 0 Å². The fraction of sp³-hybridized carbons (Fsp3) is 0.462. The first kappa shape index (κ1) is 12.3. The summed E-state index contributed by atoms with van der Waals surface area (Å²) in [5.74, 6) is 0. The van der Waals surface area contributed by atoms with E-state index >= 15 is 0 Å². The van der Waals surface area contributed by atoms with Gasteiger partial charge in [0.2, 0.25) is 0 Å². The predicted molar refractivity (Wildman–Crippen MR) is 74.3 cm³/mol. The third-order valence-electron chi connectivity index (χ3n) is 2.76. The number of para-hydroxylation sites is 1. The second-order valence-corrected chi connectivity index (χ2v) is 4.66. The normalized spacial score (nSPS) is 20.8.